The molecule has 0 aliphatic heterocycles. The first-order chi connectivity index (χ1) is 12.2. The quantitative estimate of drug-likeness (QED) is 0.447. The van der Waals surface area contributed by atoms with Gasteiger partial charge in [0.1, 0.15) is 0 Å². The molecule has 3 aromatic rings. The maximum absolute atomic E-state index is 12.6. The minimum atomic E-state index is -0.266. The van der Waals surface area contributed by atoms with E-state index in [2.05, 4.69) is 23.3 Å². The summed E-state index contributed by atoms with van der Waals surface area (Å²) in [6.45, 7) is 6.02. The van der Waals surface area contributed by atoms with Crippen molar-refractivity contribution in [3.8, 4) is 0 Å². The number of fused-ring (bicyclic) bond motifs is 1. The molecule has 0 bridgehead atoms. The first-order valence-electron chi connectivity index (χ1n) is 8.24. The zero-order chi connectivity index (χ0) is 17.8. The number of carbonyl (C=O) groups is 1. The van der Waals surface area contributed by atoms with Crippen LogP contribution in [0.4, 0.5) is 0 Å². The van der Waals surface area contributed by atoms with Gasteiger partial charge in [0.15, 0.2) is 0 Å². The van der Waals surface area contributed by atoms with E-state index in [1.807, 2.05) is 50.4 Å². The second-order valence-electron chi connectivity index (χ2n) is 5.68. The molecule has 0 fully saturated rings. The lowest BCUT2D eigenvalue weighted by atomic mass is 10.1. The van der Waals surface area contributed by atoms with Gasteiger partial charge in [-0.25, -0.2) is 4.79 Å². The van der Waals surface area contributed by atoms with E-state index < -0.39 is 0 Å². The van der Waals surface area contributed by atoms with E-state index in [1.165, 1.54) is 4.90 Å². The number of benzene rings is 2. The molecule has 0 saturated carbocycles. The number of hydrogen-bond donors (Lipinski definition) is 0. The van der Waals surface area contributed by atoms with E-state index >= 15 is 0 Å². The van der Waals surface area contributed by atoms with Gasteiger partial charge in [0.2, 0.25) is 0 Å². The Morgan fingerprint density at radius 3 is 2.68 bits per heavy atom. The summed E-state index contributed by atoms with van der Waals surface area (Å²) < 4.78 is 7.42. The number of nitrogens with zero attached hydrogens (tertiary/aromatic N) is 1. The van der Waals surface area contributed by atoms with Gasteiger partial charge in [-0.1, -0.05) is 36.9 Å². The van der Waals surface area contributed by atoms with Gasteiger partial charge >= 0.3 is 5.97 Å². The lowest BCUT2D eigenvalue weighted by Crippen LogP contribution is -2.08. The molecule has 0 amide bonds. The predicted molar refractivity (Wildman–Crippen MR) is 105 cm³/mol. The van der Waals surface area contributed by atoms with E-state index in [9.17, 15) is 4.79 Å². The van der Waals surface area contributed by atoms with Crippen LogP contribution in [0, 0.1) is 0 Å². The van der Waals surface area contributed by atoms with Crippen LogP contribution in [0.15, 0.2) is 60.0 Å². The van der Waals surface area contributed by atoms with Crippen molar-refractivity contribution in [1.29, 1.82) is 0 Å². The summed E-state index contributed by atoms with van der Waals surface area (Å²) in [6.07, 6.45) is 1.79. The number of aromatic nitrogens is 1. The molecule has 3 nitrogen and oxygen atoms in total. The number of esters is 1. The minimum absolute atomic E-state index is 0.266. The summed E-state index contributed by atoms with van der Waals surface area (Å²) in [7, 11) is 2.00. The van der Waals surface area contributed by atoms with Crippen LogP contribution in [0.5, 0.6) is 0 Å². The zero-order valence-electron chi connectivity index (χ0n) is 14.5. The molecule has 4 heteroatoms. The molecule has 0 atom stereocenters. The zero-order valence-corrected chi connectivity index (χ0v) is 15.3. The highest BCUT2D eigenvalue weighted by molar-refractivity contribution is 7.98. The topological polar surface area (TPSA) is 31.2 Å². The van der Waals surface area contributed by atoms with Gasteiger partial charge in [0.05, 0.1) is 12.2 Å². The maximum atomic E-state index is 12.6. The van der Waals surface area contributed by atoms with Crippen LogP contribution in [-0.2, 0) is 17.5 Å². The summed E-state index contributed by atoms with van der Waals surface area (Å²) in [4.78, 5) is 13.8. The second kappa shape index (κ2) is 7.62. The highest BCUT2D eigenvalue weighted by Gasteiger charge is 2.22. The molecule has 25 heavy (non-hydrogen) atoms. The van der Waals surface area contributed by atoms with E-state index in [-0.39, 0.29) is 5.97 Å². The van der Waals surface area contributed by atoms with E-state index in [0.717, 1.165) is 22.2 Å². The van der Waals surface area contributed by atoms with E-state index in [1.54, 1.807) is 17.8 Å². The third-order valence-electron chi connectivity index (χ3n) is 4.18. The highest BCUT2D eigenvalue weighted by Crippen LogP contribution is 2.32. The largest absolute Gasteiger partial charge is 0.462 e. The van der Waals surface area contributed by atoms with Crippen LogP contribution < -0.4 is 0 Å². The van der Waals surface area contributed by atoms with Crippen molar-refractivity contribution >= 4 is 34.7 Å². The Morgan fingerprint density at radius 2 is 2.00 bits per heavy atom. The predicted octanol–water partition coefficient (Wildman–Crippen LogP) is 5.29. The summed E-state index contributed by atoms with van der Waals surface area (Å²) in [5.41, 5.74) is 3.65. The number of carbonyl (C=O) groups excluding carboxylic acids is 1. The van der Waals surface area contributed by atoms with Crippen molar-refractivity contribution in [3.05, 3.63) is 71.9 Å². The number of thioether (sulfide) groups is 1. The average molecular weight is 351 g/mol. The van der Waals surface area contributed by atoms with Crippen molar-refractivity contribution in [2.24, 2.45) is 7.05 Å². The van der Waals surface area contributed by atoms with Crippen molar-refractivity contribution < 1.29 is 9.53 Å². The Bertz CT molecular complexity index is 913. The Labute approximate surface area is 152 Å². The van der Waals surface area contributed by atoms with E-state index in [0.29, 0.717) is 17.9 Å². The molecule has 3 rings (SSSR count). The normalized spacial score (nSPS) is 10.8. The Balaban J connectivity index is 2.08. The number of hydrogen-bond acceptors (Lipinski definition) is 3. The average Bonchev–Trinajstić information content (AvgIpc) is 2.92. The van der Waals surface area contributed by atoms with Crippen LogP contribution in [0.25, 0.3) is 17.0 Å². The van der Waals surface area contributed by atoms with Gasteiger partial charge in [-0.3, -0.25) is 0 Å². The van der Waals surface area contributed by atoms with Gasteiger partial charge in [0.25, 0.3) is 0 Å². The van der Waals surface area contributed by atoms with Gasteiger partial charge in [-0.15, -0.1) is 11.8 Å². The summed E-state index contributed by atoms with van der Waals surface area (Å²) in [6, 6.07) is 16.2. The third kappa shape index (κ3) is 3.49. The first-order valence-corrected chi connectivity index (χ1v) is 9.23. The fraction of sp³-hybridized carbons (Fsp3) is 0.190. The molecular weight excluding hydrogens is 330 g/mol. The number of ether oxygens (including phenoxy) is 1. The van der Waals surface area contributed by atoms with Crippen molar-refractivity contribution in [3.63, 3.8) is 0 Å². The Hall–Kier alpha value is -2.46. The van der Waals surface area contributed by atoms with Gasteiger partial charge in [0, 0.05) is 34.3 Å². The smallest absolute Gasteiger partial charge is 0.340 e. The fourth-order valence-corrected chi connectivity index (χ4v) is 3.90. The Morgan fingerprint density at radius 1 is 1.24 bits per heavy atom. The van der Waals surface area contributed by atoms with Crippen molar-refractivity contribution in [2.45, 2.75) is 17.6 Å². The molecule has 0 aliphatic rings. The van der Waals surface area contributed by atoms with Gasteiger partial charge in [-0.05, 0) is 36.8 Å². The van der Waals surface area contributed by atoms with Gasteiger partial charge < -0.3 is 9.30 Å². The number of aryl methyl sites for hydroxylation is 1. The molecule has 1 aromatic heterocycles. The second-order valence-corrected chi connectivity index (χ2v) is 6.73. The van der Waals surface area contributed by atoms with Crippen LogP contribution in [0.1, 0.15) is 28.5 Å². The molecule has 128 valence electrons. The fourth-order valence-electron chi connectivity index (χ4n) is 2.91. The maximum Gasteiger partial charge on any atom is 0.340 e. The van der Waals surface area contributed by atoms with Crippen molar-refractivity contribution in [2.75, 3.05) is 6.61 Å². The minimum Gasteiger partial charge on any atom is -0.462 e. The molecule has 0 aliphatic carbocycles. The molecule has 2 aromatic carbocycles. The summed E-state index contributed by atoms with van der Waals surface area (Å²) in [5.74, 6) is 0.435. The van der Waals surface area contributed by atoms with E-state index in [4.69, 9.17) is 4.74 Å². The molecule has 0 unspecified atom stereocenters. The summed E-state index contributed by atoms with van der Waals surface area (Å²) >= 11 is 1.71. The highest BCUT2D eigenvalue weighted by atomic mass is 32.2. The lowest BCUT2D eigenvalue weighted by molar-refractivity contribution is 0.0527. The Kier molecular flexibility index (Phi) is 5.29. The monoisotopic (exact) mass is 351 g/mol. The van der Waals surface area contributed by atoms with Crippen LogP contribution in [0.2, 0.25) is 0 Å². The molecule has 0 N–H and O–H groups in total. The van der Waals surface area contributed by atoms with Gasteiger partial charge in [-0.2, -0.15) is 0 Å². The molecule has 1 heterocycles. The SMILES string of the molecule is C=Cc1ccc2c(c1)c(C(=O)OCC)c(CSc1ccccc1)n2C. The molecule has 0 radical (unpaired) electrons. The van der Waals surface area contributed by atoms with Crippen LogP contribution >= 0.6 is 11.8 Å². The molecule has 0 spiro atoms. The molecular formula is C21H21NO2S. The first kappa shape index (κ1) is 17.4. The standard InChI is InChI=1S/C21H21NO2S/c1-4-15-11-12-18-17(13-15)20(21(23)24-5-2)19(22(18)3)14-25-16-9-7-6-8-10-16/h4,6-13H,1,5,14H2,2-3H3. The lowest BCUT2D eigenvalue weighted by Gasteiger charge is -2.08. The van der Waals surface area contributed by atoms with Crippen molar-refractivity contribution in [1.82, 2.24) is 4.57 Å². The van der Waals surface area contributed by atoms with Crippen LogP contribution in [-0.4, -0.2) is 17.1 Å². The summed E-state index contributed by atoms with van der Waals surface area (Å²) in [5, 5.41) is 0.919. The third-order valence-corrected chi connectivity index (χ3v) is 5.20. The number of rotatable bonds is 6. The van der Waals surface area contributed by atoms with Crippen LogP contribution in [0.3, 0.4) is 0 Å². The molecule has 0 saturated heterocycles.